The number of nitrogens with zero attached hydrogens (tertiary/aromatic N) is 4. The van der Waals surface area contributed by atoms with E-state index in [1.807, 2.05) is 39.0 Å². The summed E-state index contributed by atoms with van der Waals surface area (Å²) in [6.07, 6.45) is 1.76. The molecular weight excluding hydrogens is 152 g/mol. The second-order valence-corrected chi connectivity index (χ2v) is 2.98. The van der Waals surface area contributed by atoms with Crippen molar-refractivity contribution in [1.29, 1.82) is 0 Å². The average molecular weight is 166 g/mol. The number of aliphatic imine (C=N–C) groups is 1. The first-order chi connectivity index (χ1) is 5.59. The standard InChI is InChI=1S/C8H14N4/c1-7-5-8(12(4)10-7)9-6-11(2)3/h5-6H,1-4H3/b9-6+. The highest BCUT2D eigenvalue weighted by atomic mass is 15.3. The lowest BCUT2D eigenvalue weighted by Gasteiger charge is -2.01. The molecule has 0 aromatic carbocycles. The van der Waals surface area contributed by atoms with E-state index in [0.29, 0.717) is 0 Å². The molecule has 0 N–H and O–H groups in total. The van der Waals surface area contributed by atoms with E-state index in [4.69, 9.17) is 0 Å². The average Bonchev–Trinajstić information content (AvgIpc) is 2.26. The van der Waals surface area contributed by atoms with Gasteiger partial charge < -0.3 is 4.90 Å². The van der Waals surface area contributed by atoms with E-state index < -0.39 is 0 Å². The molecule has 0 bridgehead atoms. The third-order valence-corrected chi connectivity index (χ3v) is 1.40. The van der Waals surface area contributed by atoms with Gasteiger partial charge in [0.1, 0.15) is 0 Å². The first-order valence-electron chi connectivity index (χ1n) is 3.81. The number of hydrogen-bond donors (Lipinski definition) is 0. The Morgan fingerprint density at radius 3 is 2.67 bits per heavy atom. The molecule has 0 amide bonds. The van der Waals surface area contributed by atoms with Crippen molar-refractivity contribution in [3.63, 3.8) is 0 Å². The fourth-order valence-electron chi connectivity index (χ4n) is 0.892. The van der Waals surface area contributed by atoms with Gasteiger partial charge in [-0.1, -0.05) is 0 Å². The maximum absolute atomic E-state index is 4.23. The summed E-state index contributed by atoms with van der Waals surface area (Å²) in [5.74, 6) is 0.876. The van der Waals surface area contributed by atoms with Gasteiger partial charge in [0, 0.05) is 27.2 Å². The number of hydrogen-bond acceptors (Lipinski definition) is 2. The van der Waals surface area contributed by atoms with Crippen molar-refractivity contribution in [3.8, 4) is 0 Å². The highest BCUT2D eigenvalue weighted by Gasteiger charge is 1.97. The normalized spacial score (nSPS) is 11.0. The van der Waals surface area contributed by atoms with Gasteiger partial charge in [0.05, 0.1) is 12.0 Å². The molecule has 1 rings (SSSR count). The molecule has 0 atom stereocenters. The van der Waals surface area contributed by atoms with Crippen molar-refractivity contribution in [2.75, 3.05) is 14.1 Å². The summed E-state index contributed by atoms with van der Waals surface area (Å²) in [4.78, 5) is 6.12. The molecule has 0 unspecified atom stereocenters. The molecule has 4 nitrogen and oxygen atoms in total. The van der Waals surface area contributed by atoms with E-state index in [0.717, 1.165) is 11.5 Å². The first kappa shape index (κ1) is 8.77. The Hall–Kier alpha value is -1.32. The van der Waals surface area contributed by atoms with Crippen LogP contribution in [-0.4, -0.2) is 35.1 Å². The van der Waals surface area contributed by atoms with Crippen LogP contribution in [0.4, 0.5) is 5.82 Å². The Morgan fingerprint density at radius 2 is 2.25 bits per heavy atom. The molecule has 0 aliphatic rings. The molecule has 0 spiro atoms. The molecule has 1 aromatic rings. The van der Waals surface area contributed by atoms with Gasteiger partial charge in [0.25, 0.3) is 0 Å². The largest absolute Gasteiger partial charge is 0.369 e. The van der Waals surface area contributed by atoms with Crippen LogP contribution in [0.5, 0.6) is 0 Å². The predicted molar refractivity (Wildman–Crippen MR) is 49.8 cm³/mol. The van der Waals surface area contributed by atoms with Gasteiger partial charge in [-0.25, -0.2) is 4.99 Å². The van der Waals surface area contributed by atoms with Crippen LogP contribution in [0.3, 0.4) is 0 Å². The Balaban J connectivity index is 2.81. The molecule has 1 aromatic heterocycles. The Kier molecular flexibility index (Phi) is 2.47. The zero-order valence-electron chi connectivity index (χ0n) is 7.94. The minimum absolute atomic E-state index is 0.876. The van der Waals surface area contributed by atoms with Crippen LogP contribution < -0.4 is 0 Å². The van der Waals surface area contributed by atoms with Crippen LogP contribution in [0.1, 0.15) is 5.69 Å². The molecule has 0 aliphatic heterocycles. The maximum atomic E-state index is 4.23. The van der Waals surface area contributed by atoms with E-state index in [1.54, 1.807) is 11.0 Å². The molecule has 66 valence electrons. The first-order valence-corrected chi connectivity index (χ1v) is 3.81. The minimum atomic E-state index is 0.876. The quantitative estimate of drug-likeness (QED) is 0.484. The lowest BCUT2D eigenvalue weighted by Crippen LogP contribution is -2.07. The van der Waals surface area contributed by atoms with Crippen molar-refractivity contribution in [3.05, 3.63) is 11.8 Å². The summed E-state index contributed by atoms with van der Waals surface area (Å²) in [6, 6.07) is 1.94. The summed E-state index contributed by atoms with van der Waals surface area (Å²) >= 11 is 0. The second kappa shape index (κ2) is 3.38. The van der Waals surface area contributed by atoms with Crippen LogP contribution in [0, 0.1) is 6.92 Å². The fourth-order valence-corrected chi connectivity index (χ4v) is 0.892. The van der Waals surface area contributed by atoms with Gasteiger partial charge in [0.2, 0.25) is 0 Å². The van der Waals surface area contributed by atoms with Gasteiger partial charge in [-0.3, -0.25) is 4.68 Å². The molecule has 1 heterocycles. The molecule has 0 saturated carbocycles. The minimum Gasteiger partial charge on any atom is -0.369 e. The van der Waals surface area contributed by atoms with Crippen LogP contribution >= 0.6 is 0 Å². The predicted octanol–water partition coefficient (Wildman–Crippen LogP) is 0.950. The Morgan fingerprint density at radius 1 is 1.58 bits per heavy atom. The SMILES string of the molecule is Cc1cc(/N=C/N(C)C)n(C)n1. The van der Waals surface area contributed by atoms with Gasteiger partial charge in [-0.05, 0) is 6.92 Å². The molecule has 4 heteroatoms. The van der Waals surface area contributed by atoms with E-state index in [2.05, 4.69) is 10.1 Å². The molecule has 0 fully saturated rings. The topological polar surface area (TPSA) is 33.4 Å². The lowest BCUT2D eigenvalue weighted by atomic mass is 10.5. The molecule has 12 heavy (non-hydrogen) atoms. The van der Waals surface area contributed by atoms with Gasteiger partial charge in [-0.2, -0.15) is 5.10 Å². The van der Waals surface area contributed by atoms with Crippen LogP contribution in [-0.2, 0) is 7.05 Å². The molecule has 0 saturated heterocycles. The summed E-state index contributed by atoms with van der Waals surface area (Å²) in [5.41, 5.74) is 0.989. The summed E-state index contributed by atoms with van der Waals surface area (Å²) in [6.45, 7) is 1.95. The molecule has 0 aliphatic carbocycles. The summed E-state index contributed by atoms with van der Waals surface area (Å²) < 4.78 is 1.76. The van der Waals surface area contributed by atoms with Crippen molar-refractivity contribution in [2.24, 2.45) is 12.0 Å². The Labute approximate surface area is 72.5 Å². The third kappa shape index (κ3) is 2.08. The van der Waals surface area contributed by atoms with Gasteiger partial charge in [-0.15, -0.1) is 0 Å². The van der Waals surface area contributed by atoms with Crippen molar-refractivity contribution in [1.82, 2.24) is 14.7 Å². The summed E-state index contributed by atoms with van der Waals surface area (Å²) in [7, 11) is 5.76. The van der Waals surface area contributed by atoms with Crippen molar-refractivity contribution in [2.45, 2.75) is 6.92 Å². The third-order valence-electron chi connectivity index (χ3n) is 1.40. The smallest absolute Gasteiger partial charge is 0.152 e. The van der Waals surface area contributed by atoms with E-state index >= 15 is 0 Å². The van der Waals surface area contributed by atoms with Crippen molar-refractivity contribution >= 4 is 12.2 Å². The van der Waals surface area contributed by atoms with Crippen LogP contribution in [0.25, 0.3) is 0 Å². The fraction of sp³-hybridized carbons (Fsp3) is 0.500. The van der Waals surface area contributed by atoms with E-state index in [9.17, 15) is 0 Å². The van der Waals surface area contributed by atoms with Crippen molar-refractivity contribution < 1.29 is 0 Å². The maximum Gasteiger partial charge on any atom is 0.152 e. The second-order valence-electron chi connectivity index (χ2n) is 2.98. The number of rotatable bonds is 2. The Bertz CT molecular complexity index is 285. The van der Waals surface area contributed by atoms with Crippen LogP contribution in [0.15, 0.2) is 11.1 Å². The zero-order valence-corrected chi connectivity index (χ0v) is 7.94. The van der Waals surface area contributed by atoms with Gasteiger partial charge >= 0.3 is 0 Å². The molecule has 0 radical (unpaired) electrons. The number of aryl methyl sites for hydroxylation is 2. The number of aromatic nitrogens is 2. The summed E-state index contributed by atoms with van der Waals surface area (Å²) in [5, 5.41) is 4.17. The monoisotopic (exact) mass is 166 g/mol. The van der Waals surface area contributed by atoms with Crippen LogP contribution in [0.2, 0.25) is 0 Å². The zero-order chi connectivity index (χ0) is 9.14. The lowest BCUT2D eigenvalue weighted by molar-refractivity contribution is 0.641. The van der Waals surface area contributed by atoms with E-state index in [-0.39, 0.29) is 0 Å². The molecular formula is C8H14N4. The van der Waals surface area contributed by atoms with Gasteiger partial charge in [0.15, 0.2) is 5.82 Å². The highest BCUT2D eigenvalue weighted by molar-refractivity contribution is 5.59. The highest BCUT2D eigenvalue weighted by Crippen LogP contribution is 2.10. The van der Waals surface area contributed by atoms with E-state index in [1.165, 1.54) is 0 Å².